The Kier molecular flexibility index (Phi) is 48.5. The summed E-state index contributed by atoms with van der Waals surface area (Å²) in [4.78, 5) is 77.6. The molecule has 0 aromatic heterocycles. The van der Waals surface area contributed by atoms with Crippen molar-refractivity contribution < 1.29 is 117 Å². The van der Waals surface area contributed by atoms with Gasteiger partial charge in [-0.1, -0.05) is 91.9 Å². The van der Waals surface area contributed by atoms with Crippen molar-refractivity contribution in [2.45, 2.75) is 306 Å². The van der Waals surface area contributed by atoms with Crippen molar-refractivity contribution in [3.05, 3.63) is 0 Å². The molecule has 0 aromatic rings. The Hall–Kier alpha value is -3.30. The first-order chi connectivity index (χ1) is 47.2. The van der Waals surface area contributed by atoms with Gasteiger partial charge in [-0.25, -0.2) is 0 Å². The molecule has 27 heteroatoms. The first kappa shape index (κ1) is 88.9. The van der Waals surface area contributed by atoms with Crippen LogP contribution in [0.4, 0.5) is 0 Å². The lowest BCUT2D eigenvalue weighted by atomic mass is 9.92. The maximum absolute atomic E-state index is 13.7. The summed E-state index contributed by atoms with van der Waals surface area (Å²) in [6.45, 7) is 7.97. The Morgan fingerprint density at radius 2 is 0.653 bits per heavy atom. The van der Waals surface area contributed by atoms with Crippen molar-refractivity contribution in [1.29, 1.82) is 0 Å². The van der Waals surface area contributed by atoms with Crippen LogP contribution in [0.25, 0.3) is 0 Å². The number of ketones is 3. The predicted octanol–water partition coefficient (Wildman–Crippen LogP) is 4.22. The number of nitrogens with one attached hydrogen (secondary N) is 3. The SMILES string of the molecule is CCCCCCCCC(=O)NC(COCCCCCCCCC(=O)CCCCOC1OC(CO)C(O)C(O)C1C)(COCCC(=O)CCCCCC(=O)CCCCOC1OC(CO)C(O)C(O)C1C)COCCC(=O)NCCCNC(=O)CCCCOC1OC(CO)C(O)C(O)C1C. The number of aliphatic hydroxyl groups is 9. The lowest BCUT2D eigenvalue weighted by Gasteiger charge is -2.40. The third-order valence-electron chi connectivity index (χ3n) is 18.6. The average molecular weight is 1410 g/mol. The van der Waals surface area contributed by atoms with E-state index in [4.69, 9.17) is 42.6 Å². The number of carbonyl (C=O) groups excluding carboxylic acids is 6. The minimum Gasteiger partial charge on any atom is -0.394 e. The van der Waals surface area contributed by atoms with Gasteiger partial charge in [0.15, 0.2) is 18.9 Å². The van der Waals surface area contributed by atoms with E-state index >= 15 is 0 Å². The number of carbonyl (C=O) groups is 6. The summed E-state index contributed by atoms with van der Waals surface area (Å²) in [6.07, 6.45) is 8.05. The number of hydrogen-bond donors (Lipinski definition) is 12. The maximum atomic E-state index is 13.7. The second-order valence-electron chi connectivity index (χ2n) is 27.3. The second-order valence-corrected chi connectivity index (χ2v) is 27.3. The molecule has 3 aliphatic rings. The lowest BCUT2D eigenvalue weighted by Crippen LogP contribution is -2.58. The lowest BCUT2D eigenvalue weighted by molar-refractivity contribution is -0.282. The van der Waals surface area contributed by atoms with E-state index < -0.39 is 117 Å². The monoisotopic (exact) mass is 1410 g/mol. The maximum Gasteiger partial charge on any atom is 0.222 e. The van der Waals surface area contributed by atoms with Crippen LogP contribution in [-0.4, -0.2) is 253 Å². The zero-order chi connectivity index (χ0) is 71.9. The molecule has 16 unspecified atom stereocenters. The fourth-order valence-corrected chi connectivity index (χ4v) is 12.0. The average Bonchev–Trinajstić information content (AvgIpc) is 0.888. The standard InChI is InChI=1S/C71H129N3O24/c1-5-6-7-8-12-18-33-61(83)74-71(47-90-38-22-13-10-9-11-15-27-53(78)30-19-23-39-93-68-50(2)62(84)65(87)56(44-75)96-68,48-91-42-34-55(80)29-17-14-16-28-54(79)31-20-24-40-94-69-51(3)63(85)66(88)57(45-76)97-69)49-92-43-35-60(82)73-37-26-36-72-59(81)32-21-25-41-95-70-52(4)64(86)67(89)58(46-77)98-70/h50-52,56-58,62-70,75-77,84-89H,5-49H2,1-4H3,(H,72,81)(H,73,82)(H,74,83). The van der Waals surface area contributed by atoms with E-state index in [0.717, 1.165) is 70.6 Å². The predicted molar refractivity (Wildman–Crippen MR) is 362 cm³/mol. The van der Waals surface area contributed by atoms with E-state index in [1.165, 1.54) is 0 Å². The molecule has 3 aliphatic heterocycles. The van der Waals surface area contributed by atoms with Gasteiger partial charge in [0.2, 0.25) is 17.7 Å². The van der Waals surface area contributed by atoms with E-state index in [1.807, 2.05) is 0 Å². The molecule has 3 heterocycles. The summed E-state index contributed by atoms with van der Waals surface area (Å²) in [6, 6.07) is 0. The van der Waals surface area contributed by atoms with Crippen molar-refractivity contribution in [2.24, 2.45) is 17.8 Å². The molecular weight excluding hydrogens is 1280 g/mol. The topological polar surface area (TPSA) is 404 Å². The smallest absolute Gasteiger partial charge is 0.222 e. The van der Waals surface area contributed by atoms with E-state index in [2.05, 4.69) is 22.9 Å². The van der Waals surface area contributed by atoms with Gasteiger partial charge in [0.1, 0.15) is 59.5 Å². The highest BCUT2D eigenvalue weighted by molar-refractivity contribution is 5.79. The summed E-state index contributed by atoms with van der Waals surface area (Å²) in [5, 5.41) is 98.3. The van der Waals surface area contributed by atoms with Gasteiger partial charge in [0.25, 0.3) is 0 Å². The number of rotatable bonds is 60. The molecule has 98 heavy (non-hydrogen) atoms. The number of unbranched alkanes of at least 4 members (excludes halogenated alkanes) is 15. The zero-order valence-electron chi connectivity index (χ0n) is 59.6. The van der Waals surface area contributed by atoms with Crippen molar-refractivity contribution >= 4 is 35.1 Å². The molecule has 27 nitrogen and oxygen atoms in total. The Morgan fingerprint density at radius 1 is 0.347 bits per heavy atom. The van der Waals surface area contributed by atoms with Gasteiger partial charge in [-0.15, -0.1) is 0 Å². The van der Waals surface area contributed by atoms with Gasteiger partial charge in [-0.2, -0.15) is 0 Å². The number of Topliss-reactive ketones (excluding diaryl/α,β-unsaturated/α-hetero) is 3. The van der Waals surface area contributed by atoms with Crippen LogP contribution in [0.15, 0.2) is 0 Å². The van der Waals surface area contributed by atoms with Crippen LogP contribution in [0.3, 0.4) is 0 Å². The van der Waals surface area contributed by atoms with E-state index in [9.17, 15) is 74.7 Å². The molecule has 0 radical (unpaired) electrons. The third-order valence-corrected chi connectivity index (χ3v) is 18.6. The quantitative estimate of drug-likeness (QED) is 0.0379. The largest absolute Gasteiger partial charge is 0.394 e. The molecule has 3 rings (SSSR count). The van der Waals surface area contributed by atoms with Crippen molar-refractivity contribution in [3.63, 3.8) is 0 Å². The Labute approximate surface area is 582 Å². The van der Waals surface area contributed by atoms with Crippen LogP contribution < -0.4 is 16.0 Å². The van der Waals surface area contributed by atoms with E-state index in [-0.39, 0.29) is 100 Å². The molecule has 572 valence electrons. The van der Waals surface area contributed by atoms with Gasteiger partial charge >= 0.3 is 0 Å². The molecule has 0 aliphatic carbocycles. The fraction of sp³-hybridized carbons (Fsp3) is 0.915. The van der Waals surface area contributed by atoms with Crippen molar-refractivity contribution in [2.75, 3.05) is 92.4 Å². The van der Waals surface area contributed by atoms with Crippen molar-refractivity contribution in [3.8, 4) is 0 Å². The van der Waals surface area contributed by atoms with Crippen LogP contribution in [-0.2, 0) is 71.4 Å². The van der Waals surface area contributed by atoms with E-state index in [0.29, 0.717) is 136 Å². The molecular formula is C71H129N3O24. The molecule has 3 amide bonds. The molecule has 0 aromatic carbocycles. The minimum absolute atomic E-state index is 0.0105. The van der Waals surface area contributed by atoms with Gasteiger partial charge in [0, 0.05) is 115 Å². The Balaban J connectivity index is 1.45. The number of hydrogen-bond acceptors (Lipinski definition) is 24. The number of amides is 3. The summed E-state index contributed by atoms with van der Waals surface area (Å²) in [7, 11) is 0. The first-order valence-electron chi connectivity index (χ1n) is 37.1. The number of aliphatic hydroxyl groups excluding tert-OH is 9. The highest BCUT2D eigenvalue weighted by Crippen LogP contribution is 2.30. The summed E-state index contributed by atoms with van der Waals surface area (Å²) in [5.41, 5.74) is -1.15. The minimum atomic E-state index is -1.21. The highest BCUT2D eigenvalue weighted by atomic mass is 16.7. The third kappa shape index (κ3) is 36.7. The normalized spacial score (nSPS) is 26.4. The van der Waals surface area contributed by atoms with Gasteiger partial charge in [0.05, 0.1) is 71.2 Å². The van der Waals surface area contributed by atoms with Gasteiger partial charge in [-0.3, -0.25) is 28.8 Å². The molecule has 3 saturated heterocycles. The van der Waals surface area contributed by atoms with Crippen LogP contribution >= 0.6 is 0 Å². The second kappa shape index (κ2) is 53.5. The molecule has 0 bridgehead atoms. The molecule has 12 N–H and O–H groups in total. The Bertz CT molecular complexity index is 2040. The van der Waals surface area contributed by atoms with Crippen LogP contribution in [0.5, 0.6) is 0 Å². The van der Waals surface area contributed by atoms with Crippen LogP contribution in [0.1, 0.15) is 227 Å². The van der Waals surface area contributed by atoms with Gasteiger partial charge < -0.3 is 105 Å². The summed E-state index contributed by atoms with van der Waals surface area (Å²) in [5.74, 6) is -1.73. The molecule has 16 atom stereocenters. The van der Waals surface area contributed by atoms with Crippen LogP contribution in [0, 0.1) is 17.8 Å². The summed E-state index contributed by atoms with van der Waals surface area (Å²) < 4.78 is 52.7. The summed E-state index contributed by atoms with van der Waals surface area (Å²) >= 11 is 0. The molecule has 0 saturated carbocycles. The van der Waals surface area contributed by atoms with Gasteiger partial charge in [-0.05, 0) is 77.0 Å². The Morgan fingerprint density at radius 3 is 1.07 bits per heavy atom. The highest BCUT2D eigenvalue weighted by Gasteiger charge is 2.45. The zero-order valence-corrected chi connectivity index (χ0v) is 59.6. The molecule has 3 fully saturated rings. The molecule has 0 spiro atoms. The first-order valence-corrected chi connectivity index (χ1v) is 37.1. The van der Waals surface area contributed by atoms with E-state index in [1.54, 1.807) is 20.8 Å². The van der Waals surface area contributed by atoms with Crippen molar-refractivity contribution in [1.82, 2.24) is 16.0 Å². The fourth-order valence-electron chi connectivity index (χ4n) is 12.0. The number of ether oxygens (including phenoxy) is 9. The van der Waals surface area contributed by atoms with Crippen LogP contribution in [0.2, 0.25) is 0 Å².